The van der Waals surface area contributed by atoms with E-state index in [1.807, 2.05) is 0 Å². The van der Waals surface area contributed by atoms with Crippen molar-refractivity contribution in [2.24, 2.45) is 5.16 Å². The van der Waals surface area contributed by atoms with E-state index in [9.17, 15) is 9.18 Å². The molecule has 0 unspecified atom stereocenters. The van der Waals surface area contributed by atoms with Gasteiger partial charge >= 0.3 is 0 Å². The highest BCUT2D eigenvalue weighted by molar-refractivity contribution is 9.10. The van der Waals surface area contributed by atoms with Crippen molar-refractivity contribution < 1.29 is 14.0 Å². The van der Waals surface area contributed by atoms with Crippen LogP contribution < -0.4 is 5.32 Å². The summed E-state index contributed by atoms with van der Waals surface area (Å²) in [7, 11) is 1.37. The molecule has 18 heavy (non-hydrogen) atoms. The number of H-pyrrole nitrogens is 1. The van der Waals surface area contributed by atoms with Crippen LogP contribution in [-0.4, -0.2) is 24.3 Å². The van der Waals surface area contributed by atoms with E-state index in [2.05, 4.69) is 36.2 Å². The van der Waals surface area contributed by atoms with Crippen LogP contribution in [0.15, 0.2) is 28.0 Å². The third kappa shape index (κ3) is 2.21. The summed E-state index contributed by atoms with van der Waals surface area (Å²) in [4.78, 5) is 18.1. The first-order valence-corrected chi connectivity index (χ1v) is 5.74. The minimum absolute atomic E-state index is 0.247. The summed E-state index contributed by atoms with van der Waals surface area (Å²) in [6, 6.07) is 2.96. The monoisotopic (exact) mass is 313 g/mol. The van der Waals surface area contributed by atoms with Crippen LogP contribution in [0.5, 0.6) is 0 Å². The maximum atomic E-state index is 13.4. The molecular weight excluding hydrogens is 305 g/mol. The molecule has 1 heterocycles. The van der Waals surface area contributed by atoms with Crippen LogP contribution in [0, 0.1) is 5.82 Å². The van der Waals surface area contributed by atoms with Crippen molar-refractivity contribution in [3.05, 3.63) is 34.2 Å². The summed E-state index contributed by atoms with van der Waals surface area (Å²) in [5.74, 6) is -0.123. The molecule has 0 aliphatic carbocycles. The van der Waals surface area contributed by atoms with E-state index < -0.39 is 0 Å². The molecular formula is C11H9BrFN3O2. The number of carbonyl (C=O) groups excluding carboxylic acids is 1. The number of amidine groups is 1. The number of carbonyl (C=O) groups is 1. The minimum atomic E-state index is -0.371. The van der Waals surface area contributed by atoms with E-state index in [4.69, 9.17) is 0 Å². The van der Waals surface area contributed by atoms with Crippen LogP contribution in [0.4, 0.5) is 4.39 Å². The van der Waals surface area contributed by atoms with Gasteiger partial charge in [-0.15, -0.1) is 0 Å². The minimum Gasteiger partial charge on any atom is -0.397 e. The molecule has 0 atom stereocenters. The van der Waals surface area contributed by atoms with Crippen molar-refractivity contribution in [3.8, 4) is 0 Å². The summed E-state index contributed by atoms with van der Waals surface area (Å²) in [5.41, 5.74) is 1.21. The smallest absolute Gasteiger partial charge is 0.212 e. The predicted molar refractivity (Wildman–Crippen MR) is 68.7 cm³/mol. The molecule has 0 aliphatic heterocycles. The Hall–Kier alpha value is -1.89. The van der Waals surface area contributed by atoms with Gasteiger partial charge in [-0.3, -0.25) is 4.79 Å². The van der Waals surface area contributed by atoms with E-state index in [1.54, 1.807) is 12.3 Å². The lowest BCUT2D eigenvalue weighted by Gasteiger charge is -2.02. The average Bonchev–Trinajstić information content (AvgIpc) is 2.72. The van der Waals surface area contributed by atoms with Crippen molar-refractivity contribution >= 4 is 39.1 Å². The van der Waals surface area contributed by atoms with E-state index in [0.717, 1.165) is 0 Å². The second-order valence-corrected chi connectivity index (χ2v) is 4.25. The molecule has 2 N–H and O–H groups in total. The van der Waals surface area contributed by atoms with Gasteiger partial charge in [-0.2, -0.15) is 0 Å². The Morgan fingerprint density at radius 2 is 2.39 bits per heavy atom. The van der Waals surface area contributed by atoms with Gasteiger partial charge < -0.3 is 15.1 Å². The average molecular weight is 314 g/mol. The van der Waals surface area contributed by atoms with E-state index >= 15 is 0 Å². The number of aromatic amines is 1. The molecule has 2 aromatic rings. The van der Waals surface area contributed by atoms with Gasteiger partial charge in [-0.1, -0.05) is 5.16 Å². The maximum Gasteiger partial charge on any atom is 0.212 e. The van der Waals surface area contributed by atoms with Crippen molar-refractivity contribution in [2.45, 2.75) is 0 Å². The molecule has 0 bridgehead atoms. The normalized spacial score (nSPS) is 11.6. The molecule has 7 heteroatoms. The van der Waals surface area contributed by atoms with Crippen molar-refractivity contribution in [3.63, 3.8) is 0 Å². The lowest BCUT2D eigenvalue weighted by Crippen LogP contribution is -2.22. The summed E-state index contributed by atoms with van der Waals surface area (Å²) < 4.78 is 13.7. The highest BCUT2D eigenvalue weighted by Gasteiger charge is 2.13. The first-order chi connectivity index (χ1) is 8.67. The van der Waals surface area contributed by atoms with Crippen LogP contribution in [0.3, 0.4) is 0 Å². The van der Waals surface area contributed by atoms with Crippen LogP contribution in [0.25, 0.3) is 10.9 Å². The number of hydrogen-bond donors (Lipinski definition) is 2. The summed E-state index contributed by atoms with van der Waals surface area (Å²) in [5, 5.41) is 6.85. The first kappa shape index (κ1) is 12.6. The van der Waals surface area contributed by atoms with Crippen LogP contribution in [-0.2, 0) is 9.63 Å². The Bertz CT molecular complexity index is 624. The first-order valence-electron chi connectivity index (χ1n) is 4.95. The highest BCUT2D eigenvalue weighted by Crippen LogP contribution is 2.25. The number of hydrogen-bond acceptors (Lipinski definition) is 3. The molecule has 5 nitrogen and oxygen atoms in total. The Morgan fingerprint density at radius 3 is 3.06 bits per heavy atom. The van der Waals surface area contributed by atoms with E-state index in [0.29, 0.717) is 27.3 Å². The van der Waals surface area contributed by atoms with Crippen LogP contribution in [0.2, 0.25) is 0 Å². The van der Waals surface area contributed by atoms with Crippen molar-refractivity contribution in [1.82, 2.24) is 10.3 Å². The van der Waals surface area contributed by atoms with Gasteiger partial charge in [0.25, 0.3) is 0 Å². The second-order valence-electron chi connectivity index (χ2n) is 3.40. The number of halogens is 2. The Morgan fingerprint density at radius 1 is 1.61 bits per heavy atom. The molecule has 1 aromatic heterocycles. The largest absolute Gasteiger partial charge is 0.397 e. The van der Waals surface area contributed by atoms with Crippen LogP contribution >= 0.6 is 15.9 Å². The van der Waals surface area contributed by atoms with Gasteiger partial charge in [0.1, 0.15) is 12.9 Å². The summed E-state index contributed by atoms with van der Waals surface area (Å²) in [6.45, 7) is 0. The Balaban J connectivity index is 2.60. The fraction of sp³-hybridized carbons (Fsp3) is 0.0909. The number of aromatic nitrogens is 1. The molecule has 1 aromatic carbocycles. The molecule has 2 rings (SSSR count). The fourth-order valence-corrected chi connectivity index (χ4v) is 1.96. The lowest BCUT2D eigenvalue weighted by molar-refractivity contribution is -0.108. The fourth-order valence-electron chi connectivity index (χ4n) is 1.61. The number of nitrogens with one attached hydrogen (secondary N) is 2. The quantitative estimate of drug-likeness (QED) is 0.394. The Kier molecular flexibility index (Phi) is 3.61. The number of oxime groups is 1. The topological polar surface area (TPSA) is 66.5 Å². The summed E-state index contributed by atoms with van der Waals surface area (Å²) in [6.07, 6.45) is 2.11. The summed E-state index contributed by atoms with van der Waals surface area (Å²) >= 11 is 3.11. The highest BCUT2D eigenvalue weighted by atomic mass is 79.9. The van der Waals surface area contributed by atoms with Gasteiger partial charge in [-0.25, -0.2) is 4.39 Å². The predicted octanol–water partition coefficient (Wildman–Crippen LogP) is 2.12. The number of nitrogens with zero attached hydrogens (tertiary/aromatic N) is 1. The molecule has 1 amide bonds. The van der Waals surface area contributed by atoms with Gasteiger partial charge in [0.05, 0.1) is 4.47 Å². The molecule has 0 radical (unpaired) electrons. The standard InChI is InChI=1S/C11H9BrFN3O2/c1-18-16-11(15-5-17)7-4-14-10-3-9(13)8(12)2-6(7)10/h2-5,14H,1H3,(H,15,16,17). The second kappa shape index (κ2) is 5.18. The zero-order valence-electron chi connectivity index (χ0n) is 9.33. The van der Waals surface area contributed by atoms with Crippen molar-refractivity contribution in [1.29, 1.82) is 0 Å². The molecule has 94 valence electrons. The molecule has 0 saturated carbocycles. The third-order valence-electron chi connectivity index (χ3n) is 2.36. The SMILES string of the molecule is CO/N=C(\NC=O)c1c[nH]c2cc(F)c(Br)cc12. The van der Waals surface area contributed by atoms with Gasteiger partial charge in [-0.05, 0) is 28.1 Å². The molecule has 0 fully saturated rings. The van der Waals surface area contributed by atoms with Crippen molar-refractivity contribution in [2.75, 3.05) is 7.11 Å². The van der Waals surface area contributed by atoms with E-state index in [1.165, 1.54) is 13.2 Å². The molecule has 0 aliphatic rings. The third-order valence-corrected chi connectivity index (χ3v) is 2.96. The number of benzene rings is 1. The van der Waals surface area contributed by atoms with Crippen LogP contribution in [0.1, 0.15) is 5.56 Å². The van der Waals surface area contributed by atoms with E-state index in [-0.39, 0.29) is 11.7 Å². The maximum absolute atomic E-state index is 13.4. The van der Waals surface area contributed by atoms with Gasteiger partial charge in [0.2, 0.25) is 6.41 Å². The number of rotatable bonds is 3. The number of amides is 1. The molecule has 0 saturated heterocycles. The molecule has 0 spiro atoms. The lowest BCUT2D eigenvalue weighted by atomic mass is 10.1. The van der Waals surface area contributed by atoms with Gasteiger partial charge in [0, 0.05) is 22.7 Å². The zero-order valence-corrected chi connectivity index (χ0v) is 10.9. The zero-order chi connectivity index (χ0) is 13.1. The van der Waals surface area contributed by atoms with Gasteiger partial charge in [0.15, 0.2) is 5.84 Å². The Labute approximate surface area is 110 Å². The number of fused-ring (bicyclic) bond motifs is 1.